The number of carbonyl (C=O) groups excluding carboxylic acids is 2. The Kier molecular flexibility index (Phi) is 6.23. The van der Waals surface area contributed by atoms with Crippen LogP contribution in [-0.2, 0) is 19.6 Å². The third kappa shape index (κ3) is 4.11. The van der Waals surface area contributed by atoms with E-state index >= 15 is 0 Å². The molecule has 0 radical (unpaired) electrons. The van der Waals surface area contributed by atoms with E-state index < -0.39 is 27.9 Å². The molecule has 1 fully saturated rings. The number of nitrogens with one attached hydrogen (secondary N) is 1. The van der Waals surface area contributed by atoms with Gasteiger partial charge in [0, 0.05) is 17.0 Å². The highest BCUT2D eigenvalue weighted by atomic mass is 35.5. The van der Waals surface area contributed by atoms with E-state index in [-0.39, 0.29) is 29.5 Å². The number of anilines is 1. The Morgan fingerprint density at radius 2 is 1.91 bits per heavy atom. The van der Waals surface area contributed by atoms with Gasteiger partial charge in [0.25, 0.3) is 0 Å². The molecule has 10 heteroatoms. The van der Waals surface area contributed by atoms with Crippen molar-refractivity contribution >= 4 is 50.2 Å². The number of amides is 1. The number of carbonyl (C=O) groups is 2. The van der Waals surface area contributed by atoms with Crippen molar-refractivity contribution in [3.8, 4) is 0 Å². The maximum absolute atomic E-state index is 13.2. The Hall–Kier alpha value is -2.88. The quantitative estimate of drug-likeness (QED) is 0.538. The van der Waals surface area contributed by atoms with E-state index in [1.54, 1.807) is 31.2 Å². The SMILES string of the molecule is CCOC(=O)c1oc2ccccc2c1NC(=O)C1CCCN1S(=O)(=O)c1ccc(Cl)cc1. The van der Waals surface area contributed by atoms with Gasteiger partial charge in [0.1, 0.15) is 17.3 Å². The van der Waals surface area contributed by atoms with Crippen molar-refractivity contribution in [1.82, 2.24) is 4.31 Å². The topological polar surface area (TPSA) is 106 Å². The van der Waals surface area contributed by atoms with E-state index in [4.69, 9.17) is 20.8 Å². The fraction of sp³-hybridized carbons (Fsp3) is 0.273. The van der Waals surface area contributed by atoms with Gasteiger partial charge in [0.05, 0.1) is 11.5 Å². The molecule has 8 nitrogen and oxygen atoms in total. The minimum absolute atomic E-state index is 0.0579. The predicted octanol–water partition coefficient (Wildman–Crippen LogP) is 4.05. The second-order valence-corrected chi connectivity index (χ2v) is 9.57. The van der Waals surface area contributed by atoms with Gasteiger partial charge in [-0.2, -0.15) is 4.31 Å². The maximum Gasteiger partial charge on any atom is 0.376 e. The zero-order chi connectivity index (χ0) is 22.9. The minimum atomic E-state index is -3.91. The molecule has 2 heterocycles. The van der Waals surface area contributed by atoms with Crippen molar-refractivity contribution < 1.29 is 27.2 Å². The largest absolute Gasteiger partial charge is 0.460 e. The standard InChI is InChI=1S/C22H21ClN2O6S/c1-2-30-22(27)20-19(16-6-3-4-8-18(16)31-20)24-21(26)17-7-5-13-25(17)32(28,29)15-11-9-14(23)10-12-15/h3-4,6,8-12,17H,2,5,7,13H2,1H3,(H,24,26). The summed E-state index contributed by atoms with van der Waals surface area (Å²) in [6.07, 6.45) is 0.880. The Morgan fingerprint density at radius 1 is 1.19 bits per heavy atom. The number of hydrogen-bond acceptors (Lipinski definition) is 6. The molecule has 0 bridgehead atoms. The second-order valence-electron chi connectivity index (χ2n) is 7.24. The molecular formula is C22H21ClN2O6S. The fourth-order valence-electron chi connectivity index (χ4n) is 3.75. The lowest BCUT2D eigenvalue weighted by Crippen LogP contribution is -2.43. The molecule has 32 heavy (non-hydrogen) atoms. The molecule has 3 aromatic rings. The van der Waals surface area contributed by atoms with Crippen LogP contribution in [-0.4, -0.2) is 43.8 Å². The molecule has 0 saturated carbocycles. The first-order valence-corrected chi connectivity index (χ1v) is 11.9. The van der Waals surface area contributed by atoms with Gasteiger partial charge in [-0.1, -0.05) is 23.7 Å². The smallest absolute Gasteiger partial charge is 0.376 e. The van der Waals surface area contributed by atoms with Crippen LogP contribution in [0.1, 0.15) is 30.3 Å². The second kappa shape index (κ2) is 8.93. The summed E-state index contributed by atoms with van der Waals surface area (Å²) in [7, 11) is -3.91. The van der Waals surface area contributed by atoms with E-state index in [2.05, 4.69) is 5.32 Å². The summed E-state index contributed by atoms with van der Waals surface area (Å²) in [5.41, 5.74) is 0.572. The first-order chi connectivity index (χ1) is 15.3. The molecule has 1 amide bonds. The van der Waals surface area contributed by atoms with Crippen LogP contribution in [0, 0.1) is 0 Å². The number of sulfonamides is 1. The van der Waals surface area contributed by atoms with Gasteiger partial charge < -0.3 is 14.5 Å². The summed E-state index contributed by atoms with van der Waals surface area (Å²) in [6.45, 7) is 2.01. The Balaban J connectivity index is 1.65. The normalized spacial score (nSPS) is 16.9. The predicted molar refractivity (Wildman–Crippen MR) is 119 cm³/mol. The molecular weight excluding hydrogens is 456 g/mol. The first-order valence-electron chi connectivity index (χ1n) is 10.1. The number of para-hydroxylation sites is 1. The lowest BCUT2D eigenvalue weighted by atomic mass is 10.2. The summed E-state index contributed by atoms with van der Waals surface area (Å²) in [4.78, 5) is 25.6. The van der Waals surface area contributed by atoms with Gasteiger partial charge in [-0.3, -0.25) is 4.79 Å². The van der Waals surface area contributed by atoms with Crippen molar-refractivity contribution in [3.05, 3.63) is 59.3 Å². The number of benzene rings is 2. The Morgan fingerprint density at radius 3 is 2.62 bits per heavy atom. The van der Waals surface area contributed by atoms with Gasteiger partial charge in [0.15, 0.2) is 0 Å². The highest BCUT2D eigenvalue weighted by Crippen LogP contribution is 2.33. The summed E-state index contributed by atoms with van der Waals surface area (Å²) < 4.78 is 38.1. The number of fused-ring (bicyclic) bond motifs is 1. The van der Waals surface area contributed by atoms with Crippen molar-refractivity contribution in [2.45, 2.75) is 30.7 Å². The van der Waals surface area contributed by atoms with Crippen LogP contribution in [0.15, 0.2) is 57.8 Å². The molecule has 0 spiro atoms. The molecule has 1 atom stereocenters. The zero-order valence-corrected chi connectivity index (χ0v) is 18.8. The van der Waals surface area contributed by atoms with Crippen LogP contribution in [0.25, 0.3) is 11.0 Å². The van der Waals surface area contributed by atoms with Gasteiger partial charge in [0.2, 0.25) is 21.7 Å². The average Bonchev–Trinajstić information content (AvgIpc) is 3.40. The lowest BCUT2D eigenvalue weighted by molar-refractivity contribution is -0.119. The molecule has 4 rings (SSSR count). The van der Waals surface area contributed by atoms with E-state index in [0.29, 0.717) is 28.8 Å². The highest BCUT2D eigenvalue weighted by Gasteiger charge is 2.40. The van der Waals surface area contributed by atoms with Crippen LogP contribution in [0.5, 0.6) is 0 Å². The number of esters is 1. The average molecular weight is 477 g/mol. The van der Waals surface area contributed by atoms with Crippen LogP contribution < -0.4 is 5.32 Å². The number of nitrogens with zero attached hydrogens (tertiary/aromatic N) is 1. The third-order valence-corrected chi connectivity index (χ3v) is 7.41. The molecule has 1 aliphatic heterocycles. The van der Waals surface area contributed by atoms with E-state index in [1.807, 2.05) is 0 Å². The number of halogens is 1. The number of ether oxygens (including phenoxy) is 1. The maximum atomic E-state index is 13.2. The molecule has 1 aromatic heterocycles. The number of rotatable bonds is 6. The molecule has 1 aliphatic rings. The summed E-state index contributed by atoms with van der Waals surface area (Å²) in [6, 6.07) is 11.7. The van der Waals surface area contributed by atoms with Gasteiger partial charge >= 0.3 is 5.97 Å². The first kappa shape index (κ1) is 22.3. The molecule has 1 unspecified atom stereocenters. The molecule has 0 aliphatic carbocycles. The number of furan rings is 1. The zero-order valence-electron chi connectivity index (χ0n) is 17.2. The molecule has 2 aromatic carbocycles. The van der Waals surface area contributed by atoms with Crippen LogP contribution in [0.2, 0.25) is 5.02 Å². The summed E-state index contributed by atoms with van der Waals surface area (Å²) in [5, 5.41) is 3.65. The van der Waals surface area contributed by atoms with Gasteiger partial charge in [-0.15, -0.1) is 0 Å². The third-order valence-electron chi connectivity index (χ3n) is 5.23. The summed E-state index contributed by atoms with van der Waals surface area (Å²) >= 11 is 5.87. The van der Waals surface area contributed by atoms with Crippen LogP contribution in [0.4, 0.5) is 5.69 Å². The molecule has 1 saturated heterocycles. The Labute approximate surface area is 190 Å². The van der Waals surface area contributed by atoms with E-state index in [9.17, 15) is 18.0 Å². The van der Waals surface area contributed by atoms with Gasteiger partial charge in [-0.05, 0) is 56.2 Å². The van der Waals surface area contributed by atoms with Crippen molar-refractivity contribution in [3.63, 3.8) is 0 Å². The molecule has 1 N–H and O–H groups in total. The Bertz CT molecular complexity index is 1270. The van der Waals surface area contributed by atoms with Gasteiger partial charge in [-0.25, -0.2) is 13.2 Å². The lowest BCUT2D eigenvalue weighted by Gasteiger charge is -2.23. The van der Waals surface area contributed by atoms with Crippen molar-refractivity contribution in [2.24, 2.45) is 0 Å². The van der Waals surface area contributed by atoms with Crippen molar-refractivity contribution in [2.75, 3.05) is 18.5 Å². The molecule has 168 valence electrons. The minimum Gasteiger partial charge on any atom is -0.460 e. The van der Waals surface area contributed by atoms with Crippen molar-refractivity contribution in [1.29, 1.82) is 0 Å². The van der Waals surface area contributed by atoms with Crippen LogP contribution in [0.3, 0.4) is 0 Å². The monoisotopic (exact) mass is 476 g/mol. The van der Waals surface area contributed by atoms with E-state index in [1.165, 1.54) is 28.6 Å². The number of hydrogen-bond donors (Lipinski definition) is 1. The fourth-order valence-corrected chi connectivity index (χ4v) is 5.53. The van der Waals surface area contributed by atoms with Crippen LogP contribution >= 0.6 is 11.6 Å². The van der Waals surface area contributed by atoms with E-state index in [0.717, 1.165) is 0 Å². The summed E-state index contributed by atoms with van der Waals surface area (Å²) in [5.74, 6) is -1.39. The highest BCUT2D eigenvalue weighted by molar-refractivity contribution is 7.89.